The summed E-state index contributed by atoms with van der Waals surface area (Å²) in [7, 11) is 0. The summed E-state index contributed by atoms with van der Waals surface area (Å²) >= 11 is 0. The molecule has 0 aliphatic rings. The van der Waals surface area contributed by atoms with Gasteiger partial charge in [0.25, 0.3) is 0 Å². The minimum absolute atomic E-state index is 0.0481. The average Bonchev–Trinajstić information content (AvgIpc) is 2.44. The number of benzene rings is 1. The quantitative estimate of drug-likeness (QED) is 0.852. The van der Waals surface area contributed by atoms with Crippen LogP contribution in [0.3, 0.4) is 0 Å². The van der Waals surface area contributed by atoms with Crippen molar-refractivity contribution in [1.29, 1.82) is 5.26 Å². The van der Waals surface area contributed by atoms with Gasteiger partial charge in [0.15, 0.2) is 0 Å². The van der Waals surface area contributed by atoms with Crippen LogP contribution in [0.4, 0.5) is 24.7 Å². The first-order valence-corrected chi connectivity index (χ1v) is 5.97. The molecule has 1 aromatic carbocycles. The Bertz CT molecular complexity index is 689. The van der Waals surface area contributed by atoms with Crippen LogP contribution in [0, 0.1) is 11.3 Å². The molecule has 2 aromatic rings. The van der Waals surface area contributed by atoms with Gasteiger partial charge >= 0.3 is 6.18 Å². The molecule has 1 heterocycles. The maximum atomic E-state index is 12.6. The molecule has 0 spiro atoms. The third kappa shape index (κ3) is 3.63. The predicted molar refractivity (Wildman–Crippen MR) is 72.1 cm³/mol. The molecule has 0 aliphatic carbocycles. The number of anilines is 2. The molecule has 7 heteroatoms. The maximum Gasteiger partial charge on any atom is 0.433 e. The van der Waals surface area contributed by atoms with Gasteiger partial charge in [-0.15, -0.1) is 0 Å². The van der Waals surface area contributed by atoms with Crippen LogP contribution in [0.15, 0.2) is 36.4 Å². The summed E-state index contributed by atoms with van der Waals surface area (Å²) in [5.41, 5.74) is 5.95. The van der Waals surface area contributed by atoms with Gasteiger partial charge in [-0.1, -0.05) is 12.1 Å². The first-order chi connectivity index (χ1) is 9.90. The van der Waals surface area contributed by atoms with Gasteiger partial charge < -0.3 is 11.1 Å². The minimum Gasteiger partial charge on any atom is -0.399 e. The lowest BCUT2D eigenvalue weighted by molar-refractivity contribution is -0.141. The lowest BCUT2D eigenvalue weighted by Crippen LogP contribution is -2.11. The molecular weight excluding hydrogens is 281 g/mol. The Morgan fingerprint density at radius 2 is 2.00 bits per heavy atom. The maximum absolute atomic E-state index is 12.6. The smallest absolute Gasteiger partial charge is 0.399 e. The second-order valence-electron chi connectivity index (χ2n) is 4.30. The SMILES string of the molecule is N#Cc1ccc(C(F)(F)F)nc1NCc1cccc(N)c1. The van der Waals surface area contributed by atoms with E-state index in [1.807, 2.05) is 0 Å². The highest BCUT2D eigenvalue weighted by molar-refractivity contribution is 5.53. The summed E-state index contributed by atoms with van der Waals surface area (Å²) in [6.07, 6.45) is -4.55. The van der Waals surface area contributed by atoms with Gasteiger partial charge in [0.05, 0.1) is 5.56 Å². The standard InChI is InChI=1S/C14H11F3N4/c15-14(16,17)12-5-4-10(7-18)13(21-12)20-8-9-2-1-3-11(19)6-9/h1-6H,8,19H2,(H,20,21). The topological polar surface area (TPSA) is 74.7 Å². The van der Waals surface area contributed by atoms with E-state index in [1.165, 1.54) is 0 Å². The lowest BCUT2D eigenvalue weighted by atomic mass is 10.2. The summed E-state index contributed by atoms with van der Waals surface area (Å²) in [5.74, 6) is -0.102. The molecule has 0 fully saturated rings. The zero-order chi connectivity index (χ0) is 15.5. The highest BCUT2D eigenvalue weighted by Gasteiger charge is 2.33. The van der Waals surface area contributed by atoms with Crippen LogP contribution < -0.4 is 11.1 Å². The monoisotopic (exact) mass is 292 g/mol. The zero-order valence-electron chi connectivity index (χ0n) is 10.8. The lowest BCUT2D eigenvalue weighted by Gasteiger charge is -2.11. The van der Waals surface area contributed by atoms with Gasteiger partial charge in [-0.2, -0.15) is 18.4 Å². The number of nitrogen functional groups attached to an aromatic ring is 1. The Morgan fingerprint density at radius 3 is 2.62 bits per heavy atom. The highest BCUT2D eigenvalue weighted by atomic mass is 19.4. The van der Waals surface area contributed by atoms with Crippen molar-refractivity contribution in [3.05, 3.63) is 53.2 Å². The number of hydrogen-bond donors (Lipinski definition) is 2. The number of nitrogens with two attached hydrogens (primary N) is 1. The van der Waals surface area contributed by atoms with Crippen LogP contribution in [-0.2, 0) is 12.7 Å². The number of rotatable bonds is 3. The van der Waals surface area contributed by atoms with Crippen molar-refractivity contribution in [1.82, 2.24) is 4.98 Å². The Hall–Kier alpha value is -2.75. The second-order valence-corrected chi connectivity index (χ2v) is 4.30. The van der Waals surface area contributed by atoms with Crippen molar-refractivity contribution >= 4 is 11.5 Å². The van der Waals surface area contributed by atoms with E-state index in [9.17, 15) is 13.2 Å². The summed E-state index contributed by atoms with van der Waals surface area (Å²) in [5, 5.41) is 11.7. The van der Waals surface area contributed by atoms with E-state index < -0.39 is 11.9 Å². The van der Waals surface area contributed by atoms with Crippen LogP contribution in [-0.4, -0.2) is 4.98 Å². The highest BCUT2D eigenvalue weighted by Crippen LogP contribution is 2.29. The number of nitrogens with one attached hydrogen (secondary N) is 1. The number of halogens is 3. The van der Waals surface area contributed by atoms with Gasteiger partial charge in [-0.25, -0.2) is 4.98 Å². The van der Waals surface area contributed by atoms with E-state index in [1.54, 1.807) is 30.3 Å². The largest absolute Gasteiger partial charge is 0.433 e. The van der Waals surface area contributed by atoms with E-state index in [0.717, 1.165) is 17.7 Å². The summed E-state index contributed by atoms with van der Waals surface area (Å²) in [4.78, 5) is 3.46. The molecule has 0 saturated carbocycles. The third-order valence-electron chi connectivity index (χ3n) is 2.72. The van der Waals surface area contributed by atoms with Crippen LogP contribution in [0.5, 0.6) is 0 Å². The van der Waals surface area contributed by atoms with E-state index in [4.69, 9.17) is 11.0 Å². The van der Waals surface area contributed by atoms with Crippen molar-refractivity contribution in [3.63, 3.8) is 0 Å². The molecule has 0 saturated heterocycles. The van der Waals surface area contributed by atoms with E-state index in [2.05, 4.69) is 10.3 Å². The number of hydrogen-bond acceptors (Lipinski definition) is 4. The molecule has 3 N–H and O–H groups in total. The number of nitriles is 1. The Labute approximate surface area is 119 Å². The van der Waals surface area contributed by atoms with Crippen LogP contribution in [0.2, 0.25) is 0 Å². The fourth-order valence-electron chi connectivity index (χ4n) is 1.73. The van der Waals surface area contributed by atoms with Gasteiger partial charge in [0, 0.05) is 12.2 Å². The van der Waals surface area contributed by atoms with Crippen molar-refractivity contribution in [2.45, 2.75) is 12.7 Å². The van der Waals surface area contributed by atoms with Crippen molar-refractivity contribution in [2.24, 2.45) is 0 Å². The van der Waals surface area contributed by atoms with Gasteiger partial charge in [-0.3, -0.25) is 0 Å². The number of pyridine rings is 1. The van der Waals surface area contributed by atoms with Crippen LogP contribution in [0.25, 0.3) is 0 Å². The summed E-state index contributed by atoms with van der Waals surface area (Å²) in [6, 6.07) is 10.6. The Morgan fingerprint density at radius 1 is 1.24 bits per heavy atom. The van der Waals surface area contributed by atoms with Gasteiger partial charge in [-0.05, 0) is 29.8 Å². The molecule has 0 bridgehead atoms. The Balaban J connectivity index is 2.24. The number of alkyl halides is 3. The van der Waals surface area contributed by atoms with E-state index in [0.29, 0.717) is 5.69 Å². The normalized spacial score (nSPS) is 11.0. The molecule has 0 unspecified atom stereocenters. The minimum atomic E-state index is -4.55. The van der Waals surface area contributed by atoms with Crippen molar-refractivity contribution in [3.8, 4) is 6.07 Å². The molecule has 0 radical (unpaired) electrons. The molecular formula is C14H11F3N4. The fourth-order valence-corrected chi connectivity index (χ4v) is 1.73. The average molecular weight is 292 g/mol. The van der Waals surface area contributed by atoms with Gasteiger partial charge in [0.1, 0.15) is 17.6 Å². The third-order valence-corrected chi connectivity index (χ3v) is 2.72. The van der Waals surface area contributed by atoms with Gasteiger partial charge in [0.2, 0.25) is 0 Å². The molecule has 0 amide bonds. The molecule has 0 atom stereocenters. The molecule has 1 aromatic heterocycles. The zero-order valence-corrected chi connectivity index (χ0v) is 10.8. The molecule has 2 rings (SSSR count). The van der Waals surface area contributed by atoms with Crippen molar-refractivity contribution < 1.29 is 13.2 Å². The summed E-state index contributed by atoms with van der Waals surface area (Å²) < 4.78 is 37.9. The fraction of sp³-hybridized carbons (Fsp3) is 0.143. The van der Waals surface area contributed by atoms with Crippen molar-refractivity contribution in [2.75, 3.05) is 11.1 Å². The summed E-state index contributed by atoms with van der Waals surface area (Å²) in [6.45, 7) is 0.216. The first kappa shape index (κ1) is 14.7. The number of nitrogens with zero attached hydrogens (tertiary/aromatic N) is 2. The first-order valence-electron chi connectivity index (χ1n) is 5.97. The predicted octanol–water partition coefficient (Wildman–Crippen LogP) is 3.17. The van der Waals surface area contributed by atoms with Crippen LogP contribution >= 0.6 is 0 Å². The Kier molecular flexibility index (Phi) is 3.98. The second kappa shape index (κ2) is 5.71. The molecule has 108 valence electrons. The molecule has 4 nitrogen and oxygen atoms in total. The molecule has 0 aliphatic heterocycles. The van der Waals surface area contributed by atoms with Crippen LogP contribution in [0.1, 0.15) is 16.8 Å². The van der Waals surface area contributed by atoms with E-state index >= 15 is 0 Å². The van der Waals surface area contributed by atoms with E-state index in [-0.39, 0.29) is 17.9 Å². The molecule has 21 heavy (non-hydrogen) atoms. The number of aromatic nitrogens is 1.